The molecule has 3 rings (SSSR count). The molecule has 0 bridgehead atoms. The summed E-state index contributed by atoms with van der Waals surface area (Å²) < 4.78 is 33.4. The molecule has 5 N–H and O–H groups in total. The second-order valence-corrected chi connectivity index (χ2v) is 10.4. The summed E-state index contributed by atoms with van der Waals surface area (Å²) in [4.78, 5) is 23.6. The molecule has 214 valence electrons. The molecule has 0 saturated carbocycles. The quantitative estimate of drug-likeness (QED) is 0.0426. The number of anilines is 2. The molecule has 3 aromatic carbocycles. The van der Waals surface area contributed by atoms with E-state index in [2.05, 4.69) is 31.5 Å². The maximum Gasteiger partial charge on any atom is 0.341 e. The minimum atomic E-state index is -3.51. The molecule has 0 amide bonds. The molecule has 41 heavy (non-hydrogen) atoms. The molecular weight excluding hydrogens is 556 g/mol. The minimum absolute atomic E-state index is 0.0335. The normalized spacial score (nSPS) is 12.3. The molecular formula is C25H26N8O7S. The number of esters is 2. The summed E-state index contributed by atoms with van der Waals surface area (Å²) in [6.45, 7) is 2.63. The molecule has 3 aromatic rings. The lowest BCUT2D eigenvalue weighted by molar-refractivity contribution is -0.162. The first-order chi connectivity index (χ1) is 19.3. The number of nitrogens with zero attached hydrogens (tertiary/aromatic N) is 4. The Morgan fingerprint density at radius 2 is 1.54 bits per heavy atom. The number of hydrogen-bond acceptors (Lipinski definition) is 11. The van der Waals surface area contributed by atoms with E-state index in [0.29, 0.717) is 16.5 Å². The fourth-order valence-electron chi connectivity index (χ4n) is 3.40. The van der Waals surface area contributed by atoms with E-state index in [-0.39, 0.29) is 40.0 Å². The van der Waals surface area contributed by atoms with Crippen molar-refractivity contribution in [2.75, 3.05) is 17.1 Å². The van der Waals surface area contributed by atoms with Crippen molar-refractivity contribution in [3.8, 4) is 5.75 Å². The zero-order chi connectivity index (χ0) is 30.2. The molecule has 0 aliphatic heterocycles. The zero-order valence-corrected chi connectivity index (χ0v) is 22.9. The lowest BCUT2D eigenvalue weighted by Gasteiger charge is -2.14. The molecule has 0 radical (unpaired) electrons. The van der Waals surface area contributed by atoms with Gasteiger partial charge in [-0.2, -0.15) is 0 Å². The predicted octanol–water partition coefficient (Wildman–Crippen LogP) is 4.62. The summed E-state index contributed by atoms with van der Waals surface area (Å²) in [6, 6.07) is 13.6. The maximum atomic E-state index is 12.6. The number of amidine groups is 2. The molecule has 0 heterocycles. The number of aromatic hydroxyl groups is 1. The standard InChI is InChI=1S/C25H26N8O7S/c1-14(34)39-15(2)40-25(36)19-8-4-7-18-17(19)6-5-9-20(18)28-32-30-23(26)13-24(27)31-33-29-21-12-16(41(3,37)38)10-11-22(21)35/h4-12,15,35H,13H2,1-3H3,(H2,26,28,30)(H2,27,29,31). The highest BCUT2D eigenvalue weighted by Gasteiger charge is 2.17. The van der Waals surface area contributed by atoms with Crippen molar-refractivity contribution < 1.29 is 32.6 Å². The Morgan fingerprint density at radius 1 is 0.927 bits per heavy atom. The van der Waals surface area contributed by atoms with Gasteiger partial charge in [-0.05, 0) is 35.7 Å². The lowest BCUT2D eigenvalue weighted by Crippen LogP contribution is -2.20. The van der Waals surface area contributed by atoms with Crippen molar-refractivity contribution in [1.82, 2.24) is 0 Å². The van der Waals surface area contributed by atoms with Gasteiger partial charge in [-0.25, -0.2) is 13.2 Å². The first-order valence-corrected chi connectivity index (χ1v) is 13.7. The first-order valence-electron chi connectivity index (χ1n) is 11.8. The van der Waals surface area contributed by atoms with Crippen LogP contribution in [0, 0.1) is 10.8 Å². The molecule has 0 saturated heterocycles. The van der Waals surface area contributed by atoms with Crippen LogP contribution in [0.1, 0.15) is 30.6 Å². The van der Waals surface area contributed by atoms with Crippen molar-refractivity contribution in [2.45, 2.75) is 31.5 Å². The van der Waals surface area contributed by atoms with Gasteiger partial charge in [0.1, 0.15) is 11.4 Å². The number of phenols is 1. The summed E-state index contributed by atoms with van der Waals surface area (Å²) in [6.07, 6.45) is -0.388. The van der Waals surface area contributed by atoms with E-state index >= 15 is 0 Å². The Kier molecular flexibility index (Phi) is 9.76. The van der Waals surface area contributed by atoms with Crippen LogP contribution in [-0.4, -0.2) is 49.7 Å². The molecule has 0 aliphatic carbocycles. The SMILES string of the molecule is CC(=O)OC(C)OC(=O)c1cccc2c(N/N=N\C(=N)CC(=N)/N=N\Nc3cc(S(C)(=O)=O)ccc3O)cccc12. The Morgan fingerprint density at radius 3 is 2.17 bits per heavy atom. The molecule has 16 heteroatoms. The van der Waals surface area contributed by atoms with Crippen LogP contribution in [0.15, 0.2) is 80.2 Å². The third-order valence-corrected chi connectivity index (χ3v) is 6.27. The molecule has 0 fully saturated rings. The number of rotatable bonds is 10. The van der Waals surface area contributed by atoms with Gasteiger partial charge >= 0.3 is 11.9 Å². The Bertz CT molecular complexity index is 1670. The summed E-state index contributed by atoms with van der Waals surface area (Å²) in [5, 5.41) is 41.3. The second kappa shape index (κ2) is 13.2. The van der Waals surface area contributed by atoms with E-state index in [1.54, 1.807) is 36.4 Å². The van der Waals surface area contributed by atoms with Crippen molar-refractivity contribution in [3.63, 3.8) is 0 Å². The smallest absolute Gasteiger partial charge is 0.341 e. The number of sulfone groups is 1. The topological polar surface area (TPSA) is 228 Å². The van der Waals surface area contributed by atoms with E-state index in [9.17, 15) is 23.1 Å². The van der Waals surface area contributed by atoms with Gasteiger partial charge in [0.25, 0.3) is 0 Å². The van der Waals surface area contributed by atoms with Gasteiger partial charge in [-0.1, -0.05) is 34.7 Å². The second-order valence-electron chi connectivity index (χ2n) is 8.43. The number of benzene rings is 3. The minimum Gasteiger partial charge on any atom is -0.506 e. The highest BCUT2D eigenvalue weighted by Crippen LogP contribution is 2.28. The average molecular weight is 583 g/mol. The molecule has 0 aliphatic rings. The predicted molar refractivity (Wildman–Crippen MR) is 149 cm³/mol. The highest BCUT2D eigenvalue weighted by atomic mass is 32.2. The maximum absolute atomic E-state index is 12.6. The monoisotopic (exact) mass is 582 g/mol. The number of carbonyl (C=O) groups is 2. The highest BCUT2D eigenvalue weighted by molar-refractivity contribution is 7.90. The number of carbonyl (C=O) groups excluding carboxylic acids is 2. The van der Waals surface area contributed by atoms with Crippen LogP contribution in [0.3, 0.4) is 0 Å². The Hall–Kier alpha value is -5.25. The lowest BCUT2D eigenvalue weighted by atomic mass is 10.0. The zero-order valence-electron chi connectivity index (χ0n) is 22.1. The number of phenolic OH excluding ortho intramolecular Hbond substituents is 1. The number of nitrogens with one attached hydrogen (secondary N) is 4. The van der Waals surface area contributed by atoms with E-state index in [1.165, 1.54) is 26.0 Å². The summed E-state index contributed by atoms with van der Waals surface area (Å²) in [5.41, 5.74) is 5.72. The van der Waals surface area contributed by atoms with Gasteiger partial charge in [0.05, 0.1) is 22.6 Å². The van der Waals surface area contributed by atoms with Crippen LogP contribution in [0.25, 0.3) is 10.8 Å². The summed E-state index contributed by atoms with van der Waals surface area (Å²) in [7, 11) is -3.51. The summed E-state index contributed by atoms with van der Waals surface area (Å²) >= 11 is 0. The van der Waals surface area contributed by atoms with Gasteiger partial charge in [0.15, 0.2) is 21.5 Å². The van der Waals surface area contributed by atoms with Gasteiger partial charge < -0.3 is 14.6 Å². The van der Waals surface area contributed by atoms with Gasteiger partial charge in [0, 0.05) is 25.5 Å². The van der Waals surface area contributed by atoms with E-state index in [0.717, 1.165) is 12.3 Å². The third-order valence-electron chi connectivity index (χ3n) is 5.16. The number of fused-ring (bicyclic) bond motifs is 1. The molecule has 0 aromatic heterocycles. The van der Waals surface area contributed by atoms with Crippen LogP contribution in [0.2, 0.25) is 0 Å². The third kappa shape index (κ3) is 8.62. The van der Waals surface area contributed by atoms with Crippen LogP contribution >= 0.6 is 0 Å². The fraction of sp³-hybridized carbons (Fsp3) is 0.200. The fourth-order valence-corrected chi connectivity index (χ4v) is 4.05. The number of hydrogen-bond donors (Lipinski definition) is 5. The largest absolute Gasteiger partial charge is 0.506 e. The van der Waals surface area contributed by atoms with Crippen molar-refractivity contribution >= 4 is 55.6 Å². The van der Waals surface area contributed by atoms with E-state index in [1.807, 2.05) is 0 Å². The van der Waals surface area contributed by atoms with E-state index in [4.69, 9.17) is 20.3 Å². The average Bonchev–Trinajstić information content (AvgIpc) is 2.88. The van der Waals surface area contributed by atoms with Gasteiger partial charge in [-0.15, -0.1) is 10.2 Å². The molecule has 1 unspecified atom stereocenters. The van der Waals surface area contributed by atoms with E-state index < -0.39 is 28.1 Å². The van der Waals surface area contributed by atoms with Crippen molar-refractivity contribution in [2.24, 2.45) is 20.7 Å². The molecule has 0 spiro atoms. The van der Waals surface area contributed by atoms with Gasteiger partial charge in [0.2, 0.25) is 6.29 Å². The Labute approximate surface area is 234 Å². The molecule has 1 atom stereocenters. The van der Waals surface area contributed by atoms with Crippen molar-refractivity contribution in [1.29, 1.82) is 10.8 Å². The van der Waals surface area contributed by atoms with Crippen LogP contribution < -0.4 is 10.9 Å². The first kappa shape index (κ1) is 30.3. The Balaban J connectivity index is 1.61. The van der Waals surface area contributed by atoms with Crippen LogP contribution in [0.4, 0.5) is 11.4 Å². The molecule has 15 nitrogen and oxygen atoms in total. The van der Waals surface area contributed by atoms with Crippen LogP contribution in [-0.2, 0) is 24.1 Å². The van der Waals surface area contributed by atoms with Crippen LogP contribution in [0.5, 0.6) is 5.75 Å². The number of ether oxygens (including phenoxy) is 2. The van der Waals surface area contributed by atoms with Gasteiger partial charge in [-0.3, -0.25) is 26.5 Å². The van der Waals surface area contributed by atoms with Crippen molar-refractivity contribution in [3.05, 3.63) is 60.2 Å². The summed E-state index contributed by atoms with van der Waals surface area (Å²) in [5.74, 6) is -2.24.